The van der Waals surface area contributed by atoms with Gasteiger partial charge in [-0.25, -0.2) is 8.78 Å². The Morgan fingerprint density at radius 1 is 1.04 bits per heavy atom. The average molecular weight is 328 g/mol. The molecule has 1 heterocycles. The van der Waals surface area contributed by atoms with Gasteiger partial charge in [0.25, 0.3) is 5.92 Å². The third-order valence-electron chi connectivity index (χ3n) is 5.69. The molecule has 1 atom stereocenters. The van der Waals surface area contributed by atoms with E-state index in [2.05, 4.69) is 5.32 Å². The van der Waals surface area contributed by atoms with E-state index in [1.54, 1.807) is 4.90 Å². The molecule has 3 rings (SSSR count). The third-order valence-corrected chi connectivity index (χ3v) is 5.69. The lowest BCUT2D eigenvalue weighted by Gasteiger charge is -2.40. The number of carbonyl (C=O) groups is 2. The SMILES string of the molecule is O=C(CC1CCN(C(=O)C2CCC2(F)F)CC1)NC1CCCC1. The molecule has 130 valence electrons. The fraction of sp³-hybridized carbons (Fsp3) is 0.882. The summed E-state index contributed by atoms with van der Waals surface area (Å²) < 4.78 is 26.7. The zero-order valence-corrected chi connectivity index (χ0v) is 13.5. The third kappa shape index (κ3) is 3.83. The number of rotatable bonds is 4. The predicted octanol–water partition coefficient (Wildman–Crippen LogP) is 2.72. The highest BCUT2D eigenvalue weighted by molar-refractivity contribution is 5.81. The quantitative estimate of drug-likeness (QED) is 0.863. The van der Waals surface area contributed by atoms with E-state index >= 15 is 0 Å². The molecule has 1 unspecified atom stereocenters. The fourth-order valence-electron chi connectivity index (χ4n) is 4.01. The Bertz CT molecular complexity index is 456. The average Bonchev–Trinajstić information content (AvgIpc) is 2.99. The van der Waals surface area contributed by atoms with Crippen LogP contribution < -0.4 is 5.32 Å². The van der Waals surface area contributed by atoms with Crippen LogP contribution in [-0.4, -0.2) is 41.8 Å². The first kappa shape index (κ1) is 16.7. The van der Waals surface area contributed by atoms with Crippen LogP contribution in [0.3, 0.4) is 0 Å². The number of piperidine rings is 1. The molecule has 2 aliphatic carbocycles. The zero-order chi connectivity index (χ0) is 16.4. The van der Waals surface area contributed by atoms with Crippen LogP contribution in [0.15, 0.2) is 0 Å². The van der Waals surface area contributed by atoms with Gasteiger partial charge in [-0.3, -0.25) is 9.59 Å². The Kier molecular flexibility index (Phi) is 4.87. The Balaban J connectivity index is 1.40. The van der Waals surface area contributed by atoms with E-state index in [1.165, 1.54) is 12.8 Å². The van der Waals surface area contributed by atoms with Gasteiger partial charge in [0, 0.05) is 32.0 Å². The first-order valence-electron chi connectivity index (χ1n) is 8.91. The first-order valence-corrected chi connectivity index (χ1v) is 8.91. The largest absolute Gasteiger partial charge is 0.353 e. The molecule has 0 radical (unpaired) electrons. The number of nitrogens with zero attached hydrogens (tertiary/aromatic N) is 1. The maximum atomic E-state index is 13.3. The number of halogens is 2. The second-order valence-electron chi connectivity index (χ2n) is 7.37. The van der Waals surface area contributed by atoms with Crippen LogP contribution in [0.5, 0.6) is 0 Å². The summed E-state index contributed by atoms with van der Waals surface area (Å²) in [4.78, 5) is 25.7. The monoisotopic (exact) mass is 328 g/mol. The van der Waals surface area contributed by atoms with Gasteiger partial charge in [-0.05, 0) is 38.0 Å². The normalized spacial score (nSPS) is 28.4. The Morgan fingerprint density at radius 2 is 1.70 bits per heavy atom. The molecule has 0 aromatic rings. The lowest BCUT2D eigenvalue weighted by molar-refractivity contribution is -0.173. The van der Waals surface area contributed by atoms with Crippen molar-refractivity contribution in [2.45, 2.75) is 69.8 Å². The summed E-state index contributed by atoms with van der Waals surface area (Å²) in [5.74, 6) is -3.94. The van der Waals surface area contributed by atoms with Gasteiger partial charge in [0.05, 0.1) is 0 Å². The standard InChI is InChI=1S/C17H26F2N2O2/c18-17(19)8-5-14(17)16(23)21-9-6-12(7-10-21)11-15(22)20-13-3-1-2-4-13/h12-14H,1-11H2,(H,20,22). The highest BCUT2D eigenvalue weighted by Gasteiger charge is 2.53. The Hall–Kier alpha value is -1.20. The van der Waals surface area contributed by atoms with E-state index in [9.17, 15) is 18.4 Å². The number of amides is 2. The van der Waals surface area contributed by atoms with Crippen molar-refractivity contribution in [3.8, 4) is 0 Å². The van der Waals surface area contributed by atoms with Gasteiger partial charge in [0.1, 0.15) is 5.92 Å². The molecule has 0 bridgehead atoms. The second-order valence-corrected chi connectivity index (χ2v) is 7.37. The van der Waals surface area contributed by atoms with Gasteiger partial charge in [-0.15, -0.1) is 0 Å². The highest BCUT2D eigenvalue weighted by Crippen LogP contribution is 2.44. The minimum Gasteiger partial charge on any atom is -0.353 e. The molecule has 1 N–H and O–H groups in total. The van der Waals surface area contributed by atoms with E-state index in [-0.39, 0.29) is 18.2 Å². The summed E-state index contributed by atoms with van der Waals surface area (Å²) in [5.41, 5.74) is 0. The minimum atomic E-state index is -2.81. The molecule has 3 aliphatic rings. The lowest BCUT2D eigenvalue weighted by Crippen LogP contribution is -2.52. The van der Waals surface area contributed by atoms with Gasteiger partial charge < -0.3 is 10.2 Å². The van der Waals surface area contributed by atoms with E-state index < -0.39 is 17.7 Å². The molecule has 4 nitrogen and oxygen atoms in total. The lowest BCUT2D eigenvalue weighted by atomic mass is 9.79. The topological polar surface area (TPSA) is 49.4 Å². The van der Waals surface area contributed by atoms with Crippen molar-refractivity contribution >= 4 is 11.8 Å². The summed E-state index contributed by atoms with van der Waals surface area (Å²) >= 11 is 0. The molecule has 0 aromatic carbocycles. The summed E-state index contributed by atoms with van der Waals surface area (Å²) in [6.45, 7) is 1.01. The maximum Gasteiger partial charge on any atom is 0.259 e. The van der Waals surface area contributed by atoms with Gasteiger partial charge in [0.15, 0.2) is 0 Å². The molecular weight excluding hydrogens is 302 g/mol. The van der Waals surface area contributed by atoms with Gasteiger partial charge in [0.2, 0.25) is 11.8 Å². The van der Waals surface area contributed by atoms with Crippen molar-refractivity contribution in [3.63, 3.8) is 0 Å². The molecule has 1 saturated heterocycles. The van der Waals surface area contributed by atoms with Crippen molar-refractivity contribution in [3.05, 3.63) is 0 Å². The summed E-state index contributed by atoms with van der Waals surface area (Å²) in [5, 5.41) is 3.09. The molecule has 2 amide bonds. The van der Waals surface area contributed by atoms with E-state index in [0.29, 0.717) is 32.0 Å². The van der Waals surface area contributed by atoms with E-state index in [0.717, 1.165) is 25.7 Å². The maximum absolute atomic E-state index is 13.3. The number of likely N-dealkylation sites (tertiary alicyclic amines) is 1. The minimum absolute atomic E-state index is 0.104. The van der Waals surface area contributed by atoms with Crippen LogP contribution in [0.1, 0.15) is 57.8 Å². The summed E-state index contributed by atoms with van der Waals surface area (Å²) in [6, 6.07) is 0.338. The van der Waals surface area contributed by atoms with Crippen LogP contribution in [0.25, 0.3) is 0 Å². The summed E-state index contributed by atoms with van der Waals surface area (Å²) in [7, 11) is 0. The van der Waals surface area contributed by atoms with Crippen molar-refractivity contribution < 1.29 is 18.4 Å². The summed E-state index contributed by atoms with van der Waals surface area (Å²) in [6.07, 6.45) is 6.65. The van der Waals surface area contributed by atoms with Crippen molar-refractivity contribution in [1.29, 1.82) is 0 Å². The number of nitrogens with one attached hydrogen (secondary N) is 1. The molecule has 3 fully saturated rings. The van der Waals surface area contributed by atoms with Crippen LogP contribution in [0, 0.1) is 11.8 Å². The molecular formula is C17H26F2N2O2. The van der Waals surface area contributed by atoms with Crippen LogP contribution in [0.2, 0.25) is 0 Å². The number of alkyl halides is 2. The van der Waals surface area contributed by atoms with Crippen molar-refractivity contribution in [2.75, 3.05) is 13.1 Å². The molecule has 23 heavy (non-hydrogen) atoms. The number of hydrogen-bond donors (Lipinski definition) is 1. The molecule has 1 aliphatic heterocycles. The van der Waals surface area contributed by atoms with Crippen molar-refractivity contribution in [2.24, 2.45) is 11.8 Å². The van der Waals surface area contributed by atoms with Gasteiger partial charge in [-0.2, -0.15) is 0 Å². The molecule has 0 aromatic heterocycles. The zero-order valence-electron chi connectivity index (χ0n) is 13.5. The second kappa shape index (κ2) is 6.73. The number of hydrogen-bond acceptors (Lipinski definition) is 2. The van der Waals surface area contributed by atoms with Gasteiger partial charge in [-0.1, -0.05) is 12.8 Å². The predicted molar refractivity (Wildman–Crippen MR) is 82.0 cm³/mol. The molecule has 0 spiro atoms. The Labute approximate surface area is 136 Å². The first-order chi connectivity index (χ1) is 11.0. The number of carbonyl (C=O) groups excluding carboxylic acids is 2. The van der Waals surface area contributed by atoms with E-state index in [4.69, 9.17) is 0 Å². The van der Waals surface area contributed by atoms with Crippen LogP contribution >= 0.6 is 0 Å². The van der Waals surface area contributed by atoms with Crippen molar-refractivity contribution in [1.82, 2.24) is 10.2 Å². The molecule has 2 saturated carbocycles. The van der Waals surface area contributed by atoms with Gasteiger partial charge >= 0.3 is 0 Å². The van der Waals surface area contributed by atoms with Crippen LogP contribution in [-0.2, 0) is 9.59 Å². The highest BCUT2D eigenvalue weighted by atomic mass is 19.3. The Morgan fingerprint density at radius 3 is 2.22 bits per heavy atom. The van der Waals surface area contributed by atoms with Crippen LogP contribution in [0.4, 0.5) is 8.78 Å². The van der Waals surface area contributed by atoms with E-state index in [1.807, 2.05) is 0 Å². The smallest absolute Gasteiger partial charge is 0.259 e. The fourth-order valence-corrected chi connectivity index (χ4v) is 4.01. The molecule has 6 heteroatoms.